The van der Waals surface area contributed by atoms with Crippen LogP contribution < -0.4 is 9.64 Å². The number of rotatable bonds is 3. The minimum absolute atomic E-state index is 0.0845. The van der Waals surface area contributed by atoms with Crippen LogP contribution in [0.1, 0.15) is 16.8 Å². The number of hydrogen-bond acceptors (Lipinski definition) is 4. The van der Waals surface area contributed by atoms with Gasteiger partial charge in [0, 0.05) is 0 Å². The van der Waals surface area contributed by atoms with Crippen LogP contribution in [0.25, 0.3) is 0 Å². The van der Waals surface area contributed by atoms with Crippen molar-refractivity contribution in [2.24, 2.45) is 35.5 Å². The maximum absolute atomic E-state index is 13.1. The molecule has 6 atom stereocenters. The van der Waals surface area contributed by atoms with E-state index in [4.69, 9.17) is 4.74 Å². The molecule has 0 N–H and O–H groups in total. The van der Waals surface area contributed by atoms with Crippen LogP contribution in [0, 0.1) is 35.5 Å². The number of nitrogens with zero attached hydrogens (tertiary/aromatic N) is 1. The van der Waals surface area contributed by atoms with Gasteiger partial charge in [-0.2, -0.15) is 0 Å². The minimum atomic E-state index is -0.445. The lowest BCUT2D eigenvalue weighted by molar-refractivity contribution is -0.124. The summed E-state index contributed by atoms with van der Waals surface area (Å²) in [6.45, 7) is 0. The molecule has 5 nitrogen and oxygen atoms in total. The van der Waals surface area contributed by atoms with Crippen LogP contribution >= 0.6 is 0 Å². The zero-order chi connectivity index (χ0) is 19.7. The van der Waals surface area contributed by atoms with Crippen molar-refractivity contribution in [3.8, 4) is 5.75 Å². The molecule has 2 bridgehead atoms. The Labute approximate surface area is 168 Å². The predicted octanol–water partition coefficient (Wildman–Crippen LogP) is 3.46. The van der Waals surface area contributed by atoms with Gasteiger partial charge in [-0.3, -0.25) is 14.5 Å². The number of carbonyl (C=O) groups is 3. The summed E-state index contributed by atoms with van der Waals surface area (Å²) in [6.07, 6.45) is 5.49. The molecule has 0 radical (unpaired) electrons. The maximum atomic E-state index is 13.1. The second-order valence-electron chi connectivity index (χ2n) is 8.42. The zero-order valence-electron chi connectivity index (χ0n) is 15.6. The van der Waals surface area contributed by atoms with Crippen molar-refractivity contribution >= 4 is 23.5 Å². The highest BCUT2D eigenvalue weighted by molar-refractivity contribution is 6.22. The van der Waals surface area contributed by atoms with Gasteiger partial charge < -0.3 is 4.74 Å². The maximum Gasteiger partial charge on any atom is 0.343 e. The normalized spacial score (nSPS) is 33.4. The monoisotopic (exact) mass is 385 g/mol. The SMILES string of the molecule is O=C(Oc1ccc(N2C(=O)[C@H]3[C@@H]4C=C[C@H]([C@H]5C[C@H]45)[C@@H]3C2=O)cc1)c1ccccc1. The van der Waals surface area contributed by atoms with E-state index >= 15 is 0 Å². The van der Waals surface area contributed by atoms with Gasteiger partial charge in [-0.25, -0.2) is 4.79 Å². The predicted molar refractivity (Wildman–Crippen MR) is 105 cm³/mol. The molecule has 2 aromatic carbocycles. The molecule has 1 saturated heterocycles. The molecule has 0 spiro atoms. The van der Waals surface area contributed by atoms with Crippen LogP contribution in [0.4, 0.5) is 5.69 Å². The van der Waals surface area contributed by atoms with Crippen LogP contribution in [0.15, 0.2) is 66.7 Å². The molecule has 5 heteroatoms. The van der Waals surface area contributed by atoms with Crippen molar-refractivity contribution in [3.63, 3.8) is 0 Å². The van der Waals surface area contributed by atoms with E-state index in [-0.39, 0.29) is 35.5 Å². The second-order valence-corrected chi connectivity index (χ2v) is 8.42. The smallest absolute Gasteiger partial charge is 0.343 e. The van der Waals surface area contributed by atoms with E-state index in [1.165, 1.54) is 4.90 Å². The standard InChI is InChI=1S/C24H19NO4/c26-22-20-16-10-11-17(19-12-18(16)19)21(20)23(27)25(22)14-6-8-15(9-7-14)29-24(28)13-4-2-1-3-5-13/h1-11,16-21H,12H2/t16-,17-,18-,19-,20+,21+/m1/s1. The lowest BCUT2D eigenvalue weighted by atomic mass is 9.63. The molecule has 0 unspecified atom stereocenters. The molecule has 144 valence electrons. The van der Waals surface area contributed by atoms with Gasteiger partial charge in [0.1, 0.15) is 5.75 Å². The first-order valence-electron chi connectivity index (χ1n) is 10.1. The van der Waals surface area contributed by atoms with Gasteiger partial charge in [0.25, 0.3) is 0 Å². The van der Waals surface area contributed by atoms with Crippen molar-refractivity contribution in [2.45, 2.75) is 6.42 Å². The Kier molecular flexibility index (Phi) is 3.40. The first-order chi connectivity index (χ1) is 14.1. The number of ether oxygens (including phenoxy) is 1. The van der Waals surface area contributed by atoms with Gasteiger partial charge in [-0.15, -0.1) is 0 Å². The van der Waals surface area contributed by atoms with E-state index in [0.717, 1.165) is 6.42 Å². The Morgan fingerprint density at radius 2 is 1.41 bits per heavy atom. The Morgan fingerprint density at radius 3 is 2.00 bits per heavy atom. The Morgan fingerprint density at radius 1 is 0.828 bits per heavy atom. The van der Waals surface area contributed by atoms with E-state index in [1.54, 1.807) is 48.5 Å². The summed E-state index contributed by atoms with van der Waals surface area (Å²) < 4.78 is 5.39. The summed E-state index contributed by atoms with van der Waals surface area (Å²) in [7, 11) is 0. The summed E-state index contributed by atoms with van der Waals surface area (Å²) in [4.78, 5) is 39.8. The van der Waals surface area contributed by atoms with Crippen LogP contribution in [-0.4, -0.2) is 17.8 Å². The van der Waals surface area contributed by atoms with Crippen LogP contribution in [0.2, 0.25) is 0 Å². The lowest BCUT2D eigenvalue weighted by Gasteiger charge is -2.37. The Hall–Kier alpha value is -3.21. The van der Waals surface area contributed by atoms with E-state index in [0.29, 0.717) is 28.8 Å². The molecule has 5 aliphatic rings. The molecule has 0 aromatic heterocycles. The number of benzene rings is 2. The van der Waals surface area contributed by atoms with E-state index in [2.05, 4.69) is 12.2 Å². The molecular weight excluding hydrogens is 366 g/mol. The Bertz CT molecular complexity index is 1020. The van der Waals surface area contributed by atoms with Crippen LogP contribution in [0.5, 0.6) is 5.75 Å². The van der Waals surface area contributed by atoms with Gasteiger partial charge >= 0.3 is 5.97 Å². The number of hydrogen-bond donors (Lipinski definition) is 0. The number of allylic oxidation sites excluding steroid dienone is 2. The average Bonchev–Trinajstić information content (AvgIpc) is 3.53. The van der Waals surface area contributed by atoms with Crippen molar-refractivity contribution in [3.05, 3.63) is 72.3 Å². The van der Waals surface area contributed by atoms with E-state index in [9.17, 15) is 14.4 Å². The number of carbonyl (C=O) groups excluding carboxylic acids is 3. The molecule has 29 heavy (non-hydrogen) atoms. The summed E-state index contributed by atoms with van der Waals surface area (Å²) in [5.74, 6) is 0.934. The molecule has 2 amide bonds. The van der Waals surface area contributed by atoms with Gasteiger partial charge in [-0.05, 0) is 66.5 Å². The number of imide groups is 1. The van der Waals surface area contributed by atoms with Gasteiger partial charge in [0.15, 0.2) is 0 Å². The molecule has 7 rings (SSSR count). The first kappa shape index (κ1) is 16.7. The first-order valence-corrected chi connectivity index (χ1v) is 10.1. The van der Waals surface area contributed by atoms with E-state index in [1.807, 2.05) is 6.07 Å². The third kappa shape index (κ3) is 2.36. The van der Waals surface area contributed by atoms with Gasteiger partial charge in [0.05, 0.1) is 23.1 Å². The third-order valence-electron chi connectivity index (χ3n) is 6.98. The van der Waals surface area contributed by atoms with E-state index < -0.39 is 5.97 Å². The second kappa shape index (κ2) is 5.89. The summed E-state index contributed by atoms with van der Waals surface area (Å²) in [5, 5.41) is 0. The quantitative estimate of drug-likeness (QED) is 0.351. The molecule has 4 aliphatic carbocycles. The Balaban J connectivity index is 1.23. The van der Waals surface area contributed by atoms with Crippen LogP contribution in [-0.2, 0) is 9.59 Å². The molecule has 2 aromatic rings. The lowest BCUT2D eigenvalue weighted by Crippen LogP contribution is -2.40. The average molecular weight is 385 g/mol. The van der Waals surface area contributed by atoms with Crippen molar-refractivity contribution in [1.82, 2.24) is 0 Å². The largest absolute Gasteiger partial charge is 0.423 e. The summed E-state index contributed by atoms with van der Waals surface area (Å²) in [5.41, 5.74) is 1.01. The third-order valence-corrected chi connectivity index (χ3v) is 6.98. The molecule has 1 heterocycles. The fourth-order valence-electron chi connectivity index (χ4n) is 5.61. The van der Waals surface area contributed by atoms with Crippen molar-refractivity contribution in [2.75, 3.05) is 4.90 Å². The highest BCUT2D eigenvalue weighted by Gasteiger charge is 2.67. The minimum Gasteiger partial charge on any atom is -0.423 e. The fourth-order valence-corrected chi connectivity index (χ4v) is 5.61. The molecule has 2 saturated carbocycles. The fraction of sp³-hybridized carbons (Fsp3) is 0.292. The molecule has 1 aliphatic heterocycles. The summed E-state index contributed by atoms with van der Waals surface area (Å²) >= 11 is 0. The topological polar surface area (TPSA) is 63.7 Å². The number of amides is 2. The molecular formula is C24H19NO4. The highest BCUT2D eigenvalue weighted by atomic mass is 16.5. The highest BCUT2D eigenvalue weighted by Crippen LogP contribution is 2.65. The number of esters is 1. The zero-order valence-corrected chi connectivity index (χ0v) is 15.6. The van der Waals surface area contributed by atoms with Gasteiger partial charge in [0.2, 0.25) is 11.8 Å². The van der Waals surface area contributed by atoms with Crippen molar-refractivity contribution in [1.29, 1.82) is 0 Å². The van der Waals surface area contributed by atoms with Crippen molar-refractivity contribution < 1.29 is 19.1 Å². The summed E-state index contributed by atoms with van der Waals surface area (Å²) in [6, 6.07) is 15.4. The van der Waals surface area contributed by atoms with Gasteiger partial charge in [-0.1, -0.05) is 30.4 Å². The number of anilines is 1. The van der Waals surface area contributed by atoms with Crippen LogP contribution in [0.3, 0.4) is 0 Å². The molecule has 3 fully saturated rings.